The number of hydrogen-bond donors (Lipinski definition) is 1. The maximum absolute atomic E-state index is 13.4. The Morgan fingerprint density at radius 3 is 2.19 bits per heavy atom. The molecule has 160 valence electrons. The number of imide groups is 1. The average molecular weight is 426 g/mol. The van der Waals surface area contributed by atoms with Crippen molar-refractivity contribution in [2.45, 2.75) is 6.54 Å². The second kappa shape index (κ2) is 8.89. The van der Waals surface area contributed by atoms with Crippen LogP contribution in [0.3, 0.4) is 0 Å². The van der Waals surface area contributed by atoms with E-state index in [1.54, 1.807) is 80.9 Å². The van der Waals surface area contributed by atoms with E-state index >= 15 is 0 Å². The zero-order valence-corrected chi connectivity index (χ0v) is 17.8. The highest BCUT2D eigenvalue weighted by atomic mass is 16.5. The van der Waals surface area contributed by atoms with Crippen molar-refractivity contribution in [3.05, 3.63) is 101 Å². The van der Waals surface area contributed by atoms with E-state index in [2.05, 4.69) is 5.32 Å². The van der Waals surface area contributed by atoms with Crippen molar-refractivity contribution in [1.29, 1.82) is 0 Å². The maximum Gasteiger partial charge on any atom is 0.261 e. The lowest BCUT2D eigenvalue weighted by molar-refractivity contribution is -0.123. The third-order valence-electron chi connectivity index (χ3n) is 5.38. The van der Waals surface area contributed by atoms with E-state index in [9.17, 15) is 14.4 Å². The van der Waals surface area contributed by atoms with Crippen molar-refractivity contribution < 1.29 is 19.1 Å². The Kier molecular flexibility index (Phi) is 5.85. The van der Waals surface area contributed by atoms with Gasteiger partial charge in [-0.05, 0) is 53.1 Å². The van der Waals surface area contributed by atoms with Crippen molar-refractivity contribution in [3.63, 3.8) is 0 Å². The summed E-state index contributed by atoms with van der Waals surface area (Å²) in [6.07, 6.45) is 1.75. The molecule has 0 aromatic heterocycles. The summed E-state index contributed by atoms with van der Waals surface area (Å²) >= 11 is 0. The number of ether oxygens (including phenoxy) is 1. The summed E-state index contributed by atoms with van der Waals surface area (Å²) in [6.45, 7) is 0.156. The molecule has 0 radical (unpaired) electrons. The summed E-state index contributed by atoms with van der Waals surface area (Å²) in [7, 11) is 3.16. The molecule has 1 aliphatic rings. The summed E-state index contributed by atoms with van der Waals surface area (Å²) in [5.74, 6) is -0.163. The van der Waals surface area contributed by atoms with Gasteiger partial charge in [-0.1, -0.05) is 42.5 Å². The number of benzene rings is 3. The van der Waals surface area contributed by atoms with Crippen molar-refractivity contribution in [3.8, 4) is 5.75 Å². The lowest BCUT2D eigenvalue weighted by atomic mass is 9.91. The second-order valence-corrected chi connectivity index (χ2v) is 7.35. The predicted octanol–water partition coefficient (Wildman–Crippen LogP) is 3.78. The second-order valence-electron chi connectivity index (χ2n) is 7.35. The van der Waals surface area contributed by atoms with E-state index in [0.29, 0.717) is 28.0 Å². The van der Waals surface area contributed by atoms with E-state index < -0.39 is 0 Å². The van der Waals surface area contributed by atoms with Crippen LogP contribution in [0.2, 0.25) is 0 Å². The van der Waals surface area contributed by atoms with E-state index in [-0.39, 0.29) is 24.3 Å². The minimum absolute atomic E-state index is 0.156. The number of methoxy groups -OCH3 is 1. The van der Waals surface area contributed by atoms with Crippen LogP contribution < -0.4 is 10.1 Å². The standard InChI is InChI=1S/C26H22N2O4/c1-27-24(29)19-11-7-17(8-12-19)15-23-21-5-3-4-6-22(21)25(30)28(26(23)31)16-18-9-13-20(32-2)14-10-18/h3-15H,16H2,1-2H3,(H,27,29). The normalized spacial score (nSPS) is 14.3. The molecule has 3 amide bonds. The molecule has 3 aromatic rings. The van der Waals surface area contributed by atoms with Gasteiger partial charge in [-0.15, -0.1) is 0 Å². The highest BCUT2D eigenvalue weighted by Crippen LogP contribution is 2.31. The molecule has 0 unspecified atom stereocenters. The Hall–Kier alpha value is -4.19. The molecule has 0 saturated heterocycles. The SMILES string of the molecule is CNC(=O)c1ccc(C=C2C(=O)N(Cc3ccc(OC)cc3)C(=O)c3ccccc32)cc1. The minimum Gasteiger partial charge on any atom is -0.497 e. The number of amides is 3. The Morgan fingerprint density at radius 2 is 1.56 bits per heavy atom. The van der Waals surface area contributed by atoms with E-state index in [0.717, 1.165) is 11.1 Å². The molecule has 6 nitrogen and oxygen atoms in total. The van der Waals surface area contributed by atoms with Crippen LogP contribution in [-0.2, 0) is 11.3 Å². The van der Waals surface area contributed by atoms with Crippen LogP contribution in [0.15, 0.2) is 72.8 Å². The summed E-state index contributed by atoms with van der Waals surface area (Å²) < 4.78 is 5.18. The van der Waals surface area contributed by atoms with Gasteiger partial charge in [-0.2, -0.15) is 0 Å². The molecule has 0 aliphatic carbocycles. The molecular formula is C26H22N2O4. The van der Waals surface area contributed by atoms with Gasteiger partial charge in [0, 0.05) is 23.7 Å². The molecule has 0 atom stereocenters. The predicted molar refractivity (Wildman–Crippen MR) is 122 cm³/mol. The maximum atomic E-state index is 13.4. The molecule has 4 rings (SSSR count). The first-order valence-electron chi connectivity index (χ1n) is 10.1. The molecule has 0 spiro atoms. The van der Waals surface area contributed by atoms with Gasteiger partial charge in [0.15, 0.2) is 0 Å². The first kappa shape index (κ1) is 21.1. The first-order valence-corrected chi connectivity index (χ1v) is 10.1. The largest absolute Gasteiger partial charge is 0.497 e. The van der Waals surface area contributed by atoms with Crippen molar-refractivity contribution >= 4 is 29.4 Å². The van der Waals surface area contributed by atoms with Crippen molar-refractivity contribution in [1.82, 2.24) is 10.2 Å². The molecule has 6 heteroatoms. The summed E-state index contributed by atoms with van der Waals surface area (Å²) in [5.41, 5.74) is 3.62. The molecule has 0 saturated carbocycles. The fourth-order valence-corrected chi connectivity index (χ4v) is 3.64. The molecule has 32 heavy (non-hydrogen) atoms. The number of rotatable bonds is 5. The van der Waals surface area contributed by atoms with Gasteiger partial charge in [0.2, 0.25) is 0 Å². The summed E-state index contributed by atoms with van der Waals surface area (Å²) in [5, 5.41) is 2.58. The highest BCUT2D eigenvalue weighted by molar-refractivity contribution is 6.33. The summed E-state index contributed by atoms with van der Waals surface area (Å²) in [4.78, 5) is 39.6. The zero-order chi connectivity index (χ0) is 22.7. The van der Waals surface area contributed by atoms with Crippen LogP contribution in [-0.4, -0.2) is 36.8 Å². The van der Waals surface area contributed by atoms with Crippen LogP contribution in [0, 0.1) is 0 Å². The zero-order valence-electron chi connectivity index (χ0n) is 17.8. The van der Waals surface area contributed by atoms with Gasteiger partial charge in [0.05, 0.1) is 13.7 Å². The number of carbonyl (C=O) groups excluding carboxylic acids is 3. The Labute approximate surface area is 186 Å². The molecule has 0 bridgehead atoms. The van der Waals surface area contributed by atoms with Gasteiger partial charge in [-0.25, -0.2) is 0 Å². The molecule has 1 N–H and O–H groups in total. The lowest BCUT2D eigenvalue weighted by Gasteiger charge is -2.28. The number of fused-ring (bicyclic) bond motifs is 1. The van der Waals surface area contributed by atoms with Crippen LogP contribution in [0.25, 0.3) is 11.6 Å². The van der Waals surface area contributed by atoms with E-state index in [1.165, 1.54) is 4.90 Å². The third-order valence-corrected chi connectivity index (χ3v) is 5.38. The van der Waals surface area contributed by atoms with E-state index in [1.807, 2.05) is 12.1 Å². The molecule has 0 fully saturated rings. The van der Waals surface area contributed by atoms with Gasteiger partial charge >= 0.3 is 0 Å². The minimum atomic E-state index is -0.361. The lowest BCUT2D eigenvalue weighted by Crippen LogP contribution is -2.41. The molecule has 1 heterocycles. The Balaban J connectivity index is 1.71. The Bertz CT molecular complexity index is 1210. The number of carbonyl (C=O) groups is 3. The van der Waals surface area contributed by atoms with Gasteiger partial charge in [-0.3, -0.25) is 19.3 Å². The van der Waals surface area contributed by atoms with Crippen molar-refractivity contribution in [2.24, 2.45) is 0 Å². The van der Waals surface area contributed by atoms with E-state index in [4.69, 9.17) is 4.74 Å². The fourth-order valence-electron chi connectivity index (χ4n) is 3.64. The topological polar surface area (TPSA) is 75.7 Å². The van der Waals surface area contributed by atoms with Crippen LogP contribution >= 0.6 is 0 Å². The van der Waals surface area contributed by atoms with Gasteiger partial charge < -0.3 is 10.1 Å². The Morgan fingerprint density at radius 1 is 0.906 bits per heavy atom. The van der Waals surface area contributed by atoms with Crippen molar-refractivity contribution in [2.75, 3.05) is 14.2 Å². The van der Waals surface area contributed by atoms with Crippen LogP contribution in [0.1, 0.15) is 37.4 Å². The monoisotopic (exact) mass is 426 g/mol. The number of nitrogens with zero attached hydrogens (tertiary/aromatic N) is 1. The van der Waals surface area contributed by atoms with Crippen LogP contribution in [0.4, 0.5) is 0 Å². The number of hydrogen-bond acceptors (Lipinski definition) is 4. The third kappa shape index (κ3) is 4.03. The summed E-state index contributed by atoms with van der Waals surface area (Å²) in [6, 6.07) is 21.3. The molecular weight excluding hydrogens is 404 g/mol. The van der Waals surface area contributed by atoms with Gasteiger partial charge in [0.25, 0.3) is 17.7 Å². The number of nitrogens with one attached hydrogen (secondary N) is 1. The highest BCUT2D eigenvalue weighted by Gasteiger charge is 2.34. The van der Waals surface area contributed by atoms with Gasteiger partial charge in [0.1, 0.15) is 5.75 Å². The fraction of sp³-hybridized carbons (Fsp3) is 0.115. The molecule has 3 aromatic carbocycles. The quantitative estimate of drug-likeness (QED) is 0.498. The smallest absolute Gasteiger partial charge is 0.261 e. The molecule has 1 aliphatic heterocycles. The first-order chi connectivity index (χ1) is 15.5. The average Bonchev–Trinajstić information content (AvgIpc) is 2.84. The van der Waals surface area contributed by atoms with Crippen LogP contribution in [0.5, 0.6) is 5.75 Å².